The van der Waals surface area contributed by atoms with Crippen LogP contribution in [0.5, 0.6) is 0 Å². The third kappa shape index (κ3) is 40.5. The van der Waals surface area contributed by atoms with Gasteiger partial charge in [-0.1, -0.05) is 315 Å². The first kappa shape index (κ1) is 74.4. The van der Waals surface area contributed by atoms with Gasteiger partial charge in [-0.15, -0.1) is 0 Å². The Hall–Kier alpha value is 4.39. The van der Waals surface area contributed by atoms with E-state index in [-0.39, 0.29) is 18.9 Å². The van der Waals surface area contributed by atoms with Crippen LogP contribution in [0.1, 0.15) is 279 Å². The molecule has 14 heteroatoms. The smallest absolute Gasteiger partial charge is 0.343 e. The predicted octanol–water partition coefficient (Wildman–Crippen LogP) is 25.7. The van der Waals surface area contributed by atoms with Crippen molar-refractivity contribution in [1.82, 2.24) is 0 Å². The summed E-state index contributed by atoms with van der Waals surface area (Å²) in [6.45, 7) is 14.5. The van der Waals surface area contributed by atoms with E-state index in [1.54, 1.807) is 58.6 Å². The fourth-order valence-electron chi connectivity index (χ4n) is 7.77. The minimum absolute atomic E-state index is 0. The molecular formula is C56H96FI3LiPS8. The molecular weight excluding hydrogens is 1370 g/mol. The molecule has 0 radical (unpaired) electrons. The van der Waals surface area contributed by atoms with Crippen LogP contribution in [-0.2, 0) is 0 Å². The van der Waals surface area contributed by atoms with Gasteiger partial charge < -0.3 is 6.92 Å². The molecule has 0 nitrogen and oxygen atoms in total. The van der Waals surface area contributed by atoms with Crippen molar-refractivity contribution in [1.29, 1.82) is 0 Å². The minimum atomic E-state index is -0.447. The zero-order valence-corrected chi connectivity index (χ0v) is 59.0. The molecule has 0 amide bonds. The normalized spacial score (nSPS) is 17.7. The number of hydrogen-bond donors (Lipinski definition) is 0. The molecule has 0 aromatic carbocycles. The summed E-state index contributed by atoms with van der Waals surface area (Å²) >= 11 is 23.1. The summed E-state index contributed by atoms with van der Waals surface area (Å²) in [7, 11) is 0. The van der Waals surface area contributed by atoms with Gasteiger partial charge in [-0.2, -0.15) is 6.42 Å². The van der Waals surface area contributed by atoms with E-state index in [0.717, 1.165) is 6.42 Å². The molecule has 1 atom stereocenters. The third-order valence-corrected chi connectivity index (χ3v) is 26.4. The molecule has 0 N–H and O–H groups in total. The van der Waals surface area contributed by atoms with E-state index in [2.05, 4.69) is 145 Å². The van der Waals surface area contributed by atoms with Crippen molar-refractivity contribution in [2.75, 3.05) is 0 Å². The second-order valence-electron chi connectivity index (χ2n) is 18.4. The zero-order valence-electron chi connectivity index (χ0n) is 45.0. The van der Waals surface area contributed by atoms with Gasteiger partial charge in [0.15, 0.2) is 0 Å². The summed E-state index contributed by atoms with van der Waals surface area (Å²) in [5.74, 6) is 0. The van der Waals surface area contributed by atoms with Crippen LogP contribution >= 0.6 is 168 Å². The van der Waals surface area contributed by atoms with Gasteiger partial charge in [0.25, 0.3) is 0 Å². The maximum Gasteiger partial charge on any atom is 1.00 e. The van der Waals surface area contributed by atoms with Gasteiger partial charge in [0.1, 0.15) is 6.53 Å². The number of rotatable bonds is 37. The van der Waals surface area contributed by atoms with Gasteiger partial charge in [-0.3, -0.25) is 0 Å². The summed E-state index contributed by atoms with van der Waals surface area (Å²) < 4.78 is 19.6. The van der Waals surface area contributed by atoms with E-state index in [9.17, 15) is 4.20 Å². The first-order chi connectivity index (χ1) is 33.8. The summed E-state index contributed by atoms with van der Waals surface area (Å²) in [6.07, 6.45) is 52.6. The molecule has 4 aliphatic rings. The largest absolute Gasteiger partial charge is 1.00 e. The Bertz CT molecular complexity index is 1370. The summed E-state index contributed by atoms with van der Waals surface area (Å²) in [4.78, 5) is 6.48. The number of unbranched alkanes of at least 4 members (excludes halogenated alkanes) is 29. The molecule has 1 unspecified atom stereocenters. The molecule has 4 rings (SSSR count). The topological polar surface area (TPSA) is 0 Å². The van der Waals surface area contributed by atoms with E-state index >= 15 is 0 Å². The first-order valence-electron chi connectivity index (χ1n) is 27.6. The Kier molecular flexibility index (Phi) is 58.8. The molecule has 0 saturated heterocycles. The van der Waals surface area contributed by atoms with Crippen LogP contribution in [0.15, 0.2) is 53.2 Å². The Morgan fingerprint density at radius 1 is 0.386 bits per heavy atom. The molecule has 4 aliphatic heterocycles. The SMILES string of the molecule is CCCCCCCCCCC1=C(I)S/C(=C2/SC(I)=C(CCCCCCCCCC)S2)S1.CCCCCCCCCCC1=CS/C(=C2/SC=C(CCCCCCCCCC)S2)S1.FPI.[CH2-]CCC.[Li+]. The fraction of sp³-hybridized carbons (Fsp3) is 0.768. The third-order valence-electron chi connectivity index (χ3n) is 12.0. The summed E-state index contributed by atoms with van der Waals surface area (Å²) in [5, 5.41) is 4.85. The predicted molar refractivity (Wildman–Crippen MR) is 366 cm³/mol. The molecule has 402 valence electrons. The molecule has 0 bridgehead atoms. The van der Waals surface area contributed by atoms with E-state index in [1.807, 2.05) is 47.0 Å². The Labute approximate surface area is 522 Å². The first-order valence-corrected chi connectivity index (χ1v) is 40.4. The summed E-state index contributed by atoms with van der Waals surface area (Å²) in [5.41, 5.74) is 0. The van der Waals surface area contributed by atoms with Crippen LogP contribution in [0.25, 0.3) is 0 Å². The number of hydrogen-bond acceptors (Lipinski definition) is 8. The fourth-order valence-corrected chi connectivity index (χ4v) is 21.4. The number of allylic oxidation sites excluding steroid dienone is 4. The van der Waals surface area contributed by atoms with E-state index in [4.69, 9.17) is 0 Å². The number of thioether (sulfide) groups is 8. The van der Waals surface area contributed by atoms with Gasteiger partial charge in [0.2, 0.25) is 0 Å². The van der Waals surface area contributed by atoms with Gasteiger partial charge in [-0.25, -0.2) is 4.20 Å². The van der Waals surface area contributed by atoms with Crippen LogP contribution in [0.2, 0.25) is 0 Å². The van der Waals surface area contributed by atoms with Gasteiger partial charge in [0, 0.05) is 9.81 Å². The van der Waals surface area contributed by atoms with Crippen molar-refractivity contribution in [3.05, 3.63) is 60.1 Å². The maximum atomic E-state index is 10.3. The van der Waals surface area contributed by atoms with Crippen molar-refractivity contribution in [3.63, 3.8) is 0 Å². The van der Waals surface area contributed by atoms with Crippen LogP contribution < -0.4 is 18.9 Å². The van der Waals surface area contributed by atoms with Crippen LogP contribution in [0.3, 0.4) is 0 Å². The van der Waals surface area contributed by atoms with Gasteiger partial charge >= 0.3 is 18.9 Å². The standard InChI is InChI=1S/C26H42I2S4.C26H44S4.C4H9.FHIP.Li/c1-3-5-7-9-11-13-15-17-19-21-23(27)31-25(29-21)26-30-22(24(28)32-26)20-18-16-14-12-10-8-6-4-2;1-3-5-7-9-11-13-15-17-19-23-21-27-25(29-23)26-28-22-24(30-26)20-18-16-14-12-10-8-6-4-2;1-3-4-2;1-3-2;/h3-20H2,1-2H3;21-22H,3-20H2,1-2H3;1,3-4H2,2H3;3H;/q;;-1;;+1/b2*26-25+;;;. The van der Waals surface area contributed by atoms with Crippen LogP contribution in [0, 0.1) is 6.92 Å². The van der Waals surface area contributed by atoms with Crippen LogP contribution in [0.4, 0.5) is 4.20 Å². The quantitative estimate of drug-likeness (QED) is 0.0196. The molecule has 70 heavy (non-hydrogen) atoms. The monoisotopic (exact) mass is 1460 g/mol. The molecule has 0 aromatic heterocycles. The molecule has 0 spiro atoms. The zero-order chi connectivity index (χ0) is 50.4. The van der Waals surface area contributed by atoms with E-state index in [0.29, 0.717) is 0 Å². The second kappa shape index (κ2) is 55.3. The second-order valence-corrected chi connectivity index (χ2v) is 32.7. The number of halogens is 4. The Balaban J connectivity index is 0.00000119. The van der Waals surface area contributed by atoms with Crippen molar-refractivity contribution >= 4 is 168 Å². The average Bonchev–Trinajstić information content (AvgIpc) is 4.18. The average molecular weight is 1460 g/mol. The minimum Gasteiger partial charge on any atom is -0.343 e. The van der Waals surface area contributed by atoms with E-state index < -0.39 is 6.53 Å². The van der Waals surface area contributed by atoms with Crippen molar-refractivity contribution in [2.24, 2.45) is 0 Å². The molecule has 4 heterocycles. The van der Waals surface area contributed by atoms with Gasteiger partial charge in [-0.05, 0) is 139 Å². The Morgan fingerprint density at radius 2 is 0.629 bits per heavy atom. The summed E-state index contributed by atoms with van der Waals surface area (Å²) in [6, 6.07) is 0. The maximum absolute atomic E-state index is 10.3. The van der Waals surface area contributed by atoms with E-state index in [1.165, 1.54) is 243 Å². The molecule has 0 fully saturated rings. The molecule has 0 aromatic rings. The van der Waals surface area contributed by atoms with Crippen molar-refractivity contribution in [3.8, 4) is 0 Å². The van der Waals surface area contributed by atoms with Crippen molar-refractivity contribution in [2.45, 2.75) is 279 Å². The van der Waals surface area contributed by atoms with Crippen molar-refractivity contribution < 1.29 is 23.1 Å². The molecule has 0 saturated carbocycles. The van der Waals surface area contributed by atoms with Gasteiger partial charge in [0.05, 0.1) is 22.8 Å². The Morgan fingerprint density at radius 3 is 0.886 bits per heavy atom. The molecule has 0 aliphatic carbocycles. The van der Waals surface area contributed by atoms with Crippen LogP contribution in [-0.4, -0.2) is 0 Å².